The third kappa shape index (κ3) is 3.03. The maximum atomic E-state index is 12.0. The number of aromatic nitrogens is 1. The Labute approximate surface area is 114 Å². The number of nitrogens with zero attached hydrogens (tertiary/aromatic N) is 1. The Bertz CT molecular complexity index is 716. The minimum Gasteiger partial charge on any atom is -0.477 e. The van der Waals surface area contributed by atoms with E-state index >= 15 is 0 Å². The molecule has 1 amide bonds. The highest BCUT2D eigenvalue weighted by Gasteiger charge is 2.12. The Morgan fingerprint density at radius 3 is 2.90 bits per heavy atom. The van der Waals surface area contributed by atoms with Gasteiger partial charge in [-0.1, -0.05) is 12.1 Å². The smallest absolute Gasteiger partial charge is 0.261 e. The lowest BCUT2D eigenvalue weighted by Gasteiger charge is -2.10. The van der Waals surface area contributed by atoms with Crippen molar-refractivity contribution >= 4 is 11.6 Å². The summed E-state index contributed by atoms with van der Waals surface area (Å²) in [5.41, 5.74) is 0.0234. The highest BCUT2D eigenvalue weighted by Crippen LogP contribution is 2.23. The number of rotatable bonds is 4. The van der Waals surface area contributed by atoms with Crippen molar-refractivity contribution in [3.05, 3.63) is 58.5 Å². The average Bonchev–Trinajstić information content (AvgIpc) is 2.46. The normalized spacial score (nSPS) is 9.55. The number of carbonyl (C=O) groups excluding carboxylic acids is 1. The highest BCUT2D eigenvalue weighted by molar-refractivity contribution is 6.04. The van der Waals surface area contributed by atoms with Crippen molar-refractivity contribution < 1.29 is 9.53 Å². The van der Waals surface area contributed by atoms with Crippen molar-refractivity contribution in [2.75, 3.05) is 11.9 Å². The summed E-state index contributed by atoms with van der Waals surface area (Å²) in [6.07, 6.45) is 2.78. The van der Waals surface area contributed by atoms with E-state index in [1.807, 2.05) is 6.07 Å². The fraction of sp³-hybridized carbons (Fsp3) is 0.0714. The first-order valence-corrected chi connectivity index (χ1v) is 5.79. The van der Waals surface area contributed by atoms with Gasteiger partial charge in [0.25, 0.3) is 5.91 Å². The van der Waals surface area contributed by atoms with Crippen LogP contribution in [0.1, 0.15) is 10.4 Å². The maximum Gasteiger partial charge on any atom is 0.261 e. The van der Waals surface area contributed by atoms with Gasteiger partial charge in [-0.15, -0.1) is 0 Å². The van der Waals surface area contributed by atoms with Gasteiger partial charge in [0, 0.05) is 18.5 Å². The van der Waals surface area contributed by atoms with E-state index < -0.39 is 5.91 Å². The van der Waals surface area contributed by atoms with Crippen molar-refractivity contribution in [1.29, 1.82) is 5.26 Å². The van der Waals surface area contributed by atoms with Crippen LogP contribution in [0.2, 0.25) is 0 Å². The van der Waals surface area contributed by atoms with E-state index in [1.165, 1.54) is 18.5 Å². The van der Waals surface area contributed by atoms with E-state index in [9.17, 15) is 9.59 Å². The number of nitrogens with one attached hydrogen (secondary N) is 2. The number of anilines is 1. The van der Waals surface area contributed by atoms with Gasteiger partial charge in [0.15, 0.2) is 12.0 Å². The quantitative estimate of drug-likeness (QED) is 0.879. The zero-order valence-electron chi connectivity index (χ0n) is 10.4. The van der Waals surface area contributed by atoms with Crippen molar-refractivity contribution in [3.63, 3.8) is 0 Å². The van der Waals surface area contributed by atoms with Crippen LogP contribution in [-0.2, 0) is 0 Å². The largest absolute Gasteiger partial charge is 0.477 e. The molecule has 2 aromatic rings. The molecular formula is C14H11N3O3. The summed E-state index contributed by atoms with van der Waals surface area (Å²) in [5, 5.41) is 11.1. The van der Waals surface area contributed by atoms with Gasteiger partial charge in [-0.25, -0.2) is 0 Å². The number of benzene rings is 1. The van der Waals surface area contributed by atoms with Crippen molar-refractivity contribution in [2.24, 2.45) is 0 Å². The summed E-state index contributed by atoms with van der Waals surface area (Å²) in [5.74, 6) is -0.172. The number of carbonyl (C=O) groups is 1. The molecule has 20 heavy (non-hydrogen) atoms. The second-order valence-corrected chi connectivity index (χ2v) is 3.82. The first-order chi connectivity index (χ1) is 9.72. The number of aromatic amines is 1. The molecule has 0 radical (unpaired) electrons. The van der Waals surface area contributed by atoms with Crippen LogP contribution in [0.5, 0.6) is 5.75 Å². The van der Waals surface area contributed by atoms with E-state index in [2.05, 4.69) is 10.3 Å². The third-order valence-electron chi connectivity index (χ3n) is 2.50. The molecule has 0 bridgehead atoms. The predicted octanol–water partition coefficient (Wildman–Crippen LogP) is 1.53. The molecule has 2 N–H and O–H groups in total. The van der Waals surface area contributed by atoms with Gasteiger partial charge < -0.3 is 15.0 Å². The van der Waals surface area contributed by atoms with E-state index in [4.69, 9.17) is 10.00 Å². The number of amides is 1. The van der Waals surface area contributed by atoms with Crippen molar-refractivity contribution in [3.8, 4) is 11.8 Å². The summed E-state index contributed by atoms with van der Waals surface area (Å²) in [4.78, 5) is 26.2. The van der Waals surface area contributed by atoms with Gasteiger partial charge in [-0.3, -0.25) is 9.59 Å². The molecule has 1 aromatic heterocycles. The number of ether oxygens (including phenoxy) is 1. The highest BCUT2D eigenvalue weighted by atomic mass is 16.5. The number of pyridine rings is 1. The van der Waals surface area contributed by atoms with Crippen LogP contribution in [0.25, 0.3) is 0 Å². The number of H-pyrrole nitrogens is 1. The molecule has 1 heterocycles. The Morgan fingerprint density at radius 2 is 2.15 bits per heavy atom. The summed E-state index contributed by atoms with van der Waals surface area (Å²) in [6.45, 7) is -0.126. The lowest BCUT2D eigenvalue weighted by Crippen LogP contribution is -2.21. The second kappa shape index (κ2) is 6.20. The summed E-state index contributed by atoms with van der Waals surface area (Å²) >= 11 is 0. The maximum absolute atomic E-state index is 12.0. The lowest BCUT2D eigenvalue weighted by atomic mass is 10.2. The van der Waals surface area contributed by atoms with Crippen LogP contribution >= 0.6 is 0 Å². The minimum absolute atomic E-state index is 0.00239. The predicted molar refractivity (Wildman–Crippen MR) is 72.6 cm³/mol. The second-order valence-electron chi connectivity index (χ2n) is 3.82. The van der Waals surface area contributed by atoms with Crippen LogP contribution in [0.4, 0.5) is 5.69 Å². The standard InChI is InChI=1S/C14H11N3O3/c15-6-8-20-13-4-2-1-3-11(13)17-14(19)10-9-16-7-5-12(10)18/h1-5,7,9H,8H2,(H,16,18)(H,17,19). The van der Waals surface area contributed by atoms with Gasteiger partial charge in [0.05, 0.1) is 5.69 Å². The molecule has 6 heteroatoms. The summed E-state index contributed by atoms with van der Waals surface area (Å²) in [6, 6.07) is 9.80. The zero-order chi connectivity index (χ0) is 14.4. The first kappa shape index (κ1) is 13.4. The number of nitriles is 1. The fourth-order valence-corrected chi connectivity index (χ4v) is 1.59. The van der Waals surface area contributed by atoms with Crippen LogP contribution in [0.15, 0.2) is 47.5 Å². The summed E-state index contributed by atoms with van der Waals surface area (Å²) in [7, 11) is 0. The van der Waals surface area contributed by atoms with Crippen LogP contribution in [0, 0.1) is 11.3 Å². The molecule has 0 aliphatic carbocycles. The molecule has 0 fully saturated rings. The molecule has 2 rings (SSSR count). The van der Waals surface area contributed by atoms with Crippen molar-refractivity contribution in [2.45, 2.75) is 0 Å². The molecule has 0 saturated carbocycles. The van der Waals surface area contributed by atoms with Crippen LogP contribution in [-0.4, -0.2) is 17.5 Å². The number of hydrogen-bond donors (Lipinski definition) is 2. The SMILES string of the molecule is N#CCOc1ccccc1NC(=O)c1c[nH]ccc1=O. The molecule has 1 aromatic carbocycles. The molecule has 0 atom stereocenters. The molecule has 100 valence electrons. The van der Waals surface area contributed by atoms with E-state index in [0.29, 0.717) is 11.4 Å². The monoisotopic (exact) mass is 269 g/mol. The van der Waals surface area contributed by atoms with E-state index in [0.717, 1.165) is 0 Å². The molecule has 0 aliphatic heterocycles. The third-order valence-corrected chi connectivity index (χ3v) is 2.50. The van der Waals surface area contributed by atoms with Gasteiger partial charge >= 0.3 is 0 Å². The fourth-order valence-electron chi connectivity index (χ4n) is 1.59. The first-order valence-electron chi connectivity index (χ1n) is 5.79. The Balaban J connectivity index is 2.22. The number of hydrogen-bond acceptors (Lipinski definition) is 4. The topological polar surface area (TPSA) is 95.0 Å². The lowest BCUT2D eigenvalue weighted by molar-refractivity contribution is 0.102. The van der Waals surface area contributed by atoms with E-state index in [-0.39, 0.29) is 17.6 Å². The minimum atomic E-state index is -0.542. The molecule has 0 unspecified atom stereocenters. The van der Waals surface area contributed by atoms with Crippen LogP contribution in [0.3, 0.4) is 0 Å². The molecule has 0 saturated heterocycles. The van der Waals surface area contributed by atoms with Crippen LogP contribution < -0.4 is 15.5 Å². The average molecular weight is 269 g/mol. The molecule has 6 nitrogen and oxygen atoms in total. The van der Waals surface area contributed by atoms with Gasteiger partial charge in [0.1, 0.15) is 17.4 Å². The number of para-hydroxylation sites is 2. The Morgan fingerprint density at radius 1 is 1.35 bits per heavy atom. The molecule has 0 aliphatic rings. The molecular weight excluding hydrogens is 258 g/mol. The summed E-state index contributed by atoms with van der Waals surface area (Å²) < 4.78 is 5.19. The Hall–Kier alpha value is -3.07. The van der Waals surface area contributed by atoms with Gasteiger partial charge in [0.2, 0.25) is 0 Å². The van der Waals surface area contributed by atoms with Gasteiger partial charge in [-0.2, -0.15) is 5.26 Å². The Kier molecular flexibility index (Phi) is 4.14. The zero-order valence-corrected chi connectivity index (χ0v) is 10.4. The molecule has 0 spiro atoms. The van der Waals surface area contributed by atoms with Gasteiger partial charge in [-0.05, 0) is 12.1 Å². The van der Waals surface area contributed by atoms with Crippen molar-refractivity contribution in [1.82, 2.24) is 4.98 Å². The van der Waals surface area contributed by atoms with E-state index in [1.54, 1.807) is 24.3 Å².